The van der Waals surface area contributed by atoms with Gasteiger partial charge in [0.25, 0.3) is 0 Å². The molecule has 20 heavy (non-hydrogen) atoms. The topological polar surface area (TPSA) is 55.7 Å². The normalized spacial score (nSPS) is 16.9. The van der Waals surface area contributed by atoms with Crippen molar-refractivity contribution in [3.05, 3.63) is 23.8 Å². The van der Waals surface area contributed by atoms with Crippen molar-refractivity contribution in [2.24, 2.45) is 0 Å². The highest BCUT2D eigenvalue weighted by molar-refractivity contribution is 5.85. The van der Waals surface area contributed by atoms with E-state index in [1.54, 1.807) is 12.1 Å². The van der Waals surface area contributed by atoms with Crippen LogP contribution in [0.5, 0.6) is 11.5 Å². The fourth-order valence-electron chi connectivity index (χ4n) is 2.58. The molecule has 1 aliphatic rings. The molecule has 0 bridgehead atoms. The van der Waals surface area contributed by atoms with Gasteiger partial charge in [-0.15, -0.1) is 24.8 Å². The Morgan fingerprint density at radius 1 is 1.15 bits per heavy atom. The monoisotopic (exact) mass is 322 g/mol. The largest absolute Gasteiger partial charge is 0.504 e. The number of nitrogens with one attached hydrogen (secondary N) is 1. The van der Waals surface area contributed by atoms with Crippen molar-refractivity contribution < 1.29 is 10.2 Å². The van der Waals surface area contributed by atoms with Crippen LogP contribution in [0.25, 0.3) is 0 Å². The molecule has 0 radical (unpaired) electrons. The van der Waals surface area contributed by atoms with Crippen LogP contribution in [0.2, 0.25) is 0 Å². The van der Waals surface area contributed by atoms with Gasteiger partial charge in [-0.25, -0.2) is 0 Å². The van der Waals surface area contributed by atoms with Crippen molar-refractivity contribution in [2.75, 3.05) is 26.2 Å². The molecule has 6 heteroatoms. The quantitative estimate of drug-likeness (QED) is 0.746. The zero-order valence-electron chi connectivity index (χ0n) is 11.7. The first kappa shape index (κ1) is 19.3. The Labute approximate surface area is 133 Å². The summed E-state index contributed by atoms with van der Waals surface area (Å²) in [5.41, 5.74) is 1.09. The second kappa shape index (κ2) is 9.29. The van der Waals surface area contributed by atoms with Gasteiger partial charge in [0, 0.05) is 32.2 Å². The molecule has 116 valence electrons. The SMILES string of the molecule is CCC[C@H](c1ccc(O)c(O)c1)N1CCNCC1.Cl.Cl. The van der Waals surface area contributed by atoms with Crippen molar-refractivity contribution in [2.45, 2.75) is 25.8 Å². The van der Waals surface area contributed by atoms with Crippen LogP contribution in [0.15, 0.2) is 18.2 Å². The second-order valence-corrected chi connectivity index (χ2v) is 4.84. The Hall–Kier alpha value is -0.680. The van der Waals surface area contributed by atoms with Crippen LogP contribution in [0.1, 0.15) is 31.4 Å². The molecule has 1 aliphatic heterocycles. The molecule has 0 aliphatic carbocycles. The van der Waals surface area contributed by atoms with E-state index in [4.69, 9.17) is 0 Å². The van der Waals surface area contributed by atoms with Crippen molar-refractivity contribution in [3.8, 4) is 11.5 Å². The molecule has 0 aromatic heterocycles. The Balaban J connectivity index is 0.00000180. The third-order valence-corrected chi connectivity index (χ3v) is 3.54. The maximum Gasteiger partial charge on any atom is 0.157 e. The lowest BCUT2D eigenvalue weighted by Gasteiger charge is -2.35. The predicted molar refractivity (Wildman–Crippen MR) is 86.4 cm³/mol. The molecule has 0 saturated carbocycles. The highest BCUT2D eigenvalue weighted by Gasteiger charge is 2.21. The summed E-state index contributed by atoms with van der Waals surface area (Å²) in [5, 5.41) is 22.4. The molecule has 2 rings (SSSR count). The molecule has 1 fully saturated rings. The van der Waals surface area contributed by atoms with Gasteiger partial charge < -0.3 is 15.5 Å². The average Bonchev–Trinajstić information content (AvgIpc) is 2.40. The molecule has 0 spiro atoms. The Morgan fingerprint density at radius 2 is 1.80 bits per heavy atom. The molecular formula is C14H24Cl2N2O2. The minimum absolute atomic E-state index is 0. The third-order valence-electron chi connectivity index (χ3n) is 3.54. The van der Waals surface area contributed by atoms with Crippen LogP contribution in [0.4, 0.5) is 0 Å². The number of benzene rings is 1. The summed E-state index contributed by atoms with van der Waals surface area (Å²) in [6, 6.07) is 5.52. The van der Waals surface area contributed by atoms with E-state index in [1.807, 2.05) is 6.07 Å². The van der Waals surface area contributed by atoms with Gasteiger partial charge in [0.05, 0.1) is 0 Å². The van der Waals surface area contributed by atoms with Gasteiger partial charge in [-0.05, 0) is 24.1 Å². The minimum atomic E-state index is -0.0469. The molecule has 0 amide bonds. The van der Waals surface area contributed by atoms with E-state index in [0.717, 1.165) is 44.6 Å². The molecule has 1 aromatic rings. The van der Waals surface area contributed by atoms with Gasteiger partial charge in [-0.3, -0.25) is 4.90 Å². The van der Waals surface area contributed by atoms with Gasteiger partial charge in [-0.1, -0.05) is 19.4 Å². The van der Waals surface area contributed by atoms with Crippen LogP contribution in [-0.2, 0) is 0 Å². The molecule has 4 nitrogen and oxygen atoms in total. The molecule has 1 saturated heterocycles. The number of piperazine rings is 1. The van der Waals surface area contributed by atoms with Crippen LogP contribution >= 0.6 is 24.8 Å². The van der Waals surface area contributed by atoms with E-state index >= 15 is 0 Å². The van der Waals surface area contributed by atoms with Crippen LogP contribution < -0.4 is 5.32 Å². The number of hydrogen-bond acceptors (Lipinski definition) is 4. The molecule has 3 N–H and O–H groups in total. The maximum absolute atomic E-state index is 9.63. The Bertz CT molecular complexity index is 399. The molecular weight excluding hydrogens is 299 g/mol. The summed E-state index contributed by atoms with van der Waals surface area (Å²) in [7, 11) is 0. The van der Waals surface area contributed by atoms with Gasteiger partial charge in [0.2, 0.25) is 0 Å². The standard InChI is InChI=1S/C14H22N2O2.2ClH/c1-2-3-12(16-8-6-15-7-9-16)11-4-5-13(17)14(18)10-11;;/h4-5,10,12,15,17-18H,2-3,6-9H2,1H3;2*1H/t12-;;/m1../s1. The van der Waals surface area contributed by atoms with Gasteiger partial charge >= 0.3 is 0 Å². The second-order valence-electron chi connectivity index (χ2n) is 4.84. The highest BCUT2D eigenvalue weighted by Crippen LogP contribution is 2.32. The zero-order valence-corrected chi connectivity index (χ0v) is 13.3. The number of phenols is 2. The van der Waals surface area contributed by atoms with Crippen LogP contribution in [-0.4, -0.2) is 41.3 Å². The van der Waals surface area contributed by atoms with Crippen LogP contribution in [0, 0.1) is 0 Å². The molecule has 1 atom stereocenters. The number of rotatable bonds is 4. The fourth-order valence-corrected chi connectivity index (χ4v) is 2.58. The van der Waals surface area contributed by atoms with E-state index in [-0.39, 0.29) is 36.3 Å². The summed E-state index contributed by atoms with van der Waals surface area (Å²) in [4.78, 5) is 2.45. The summed E-state index contributed by atoms with van der Waals surface area (Å²) >= 11 is 0. The van der Waals surface area contributed by atoms with E-state index in [2.05, 4.69) is 17.1 Å². The van der Waals surface area contributed by atoms with Crippen molar-refractivity contribution in [1.82, 2.24) is 10.2 Å². The molecule has 1 aromatic carbocycles. The first-order valence-electron chi connectivity index (χ1n) is 6.69. The Kier molecular flexibility index (Phi) is 8.98. The van der Waals surface area contributed by atoms with Crippen LogP contribution in [0.3, 0.4) is 0 Å². The number of halogens is 2. The van der Waals surface area contributed by atoms with Crippen molar-refractivity contribution >= 4 is 24.8 Å². The number of nitrogens with zero attached hydrogens (tertiary/aromatic N) is 1. The lowest BCUT2D eigenvalue weighted by atomic mass is 9.99. The summed E-state index contributed by atoms with van der Waals surface area (Å²) < 4.78 is 0. The van der Waals surface area contributed by atoms with E-state index in [9.17, 15) is 10.2 Å². The smallest absolute Gasteiger partial charge is 0.157 e. The fraction of sp³-hybridized carbons (Fsp3) is 0.571. The minimum Gasteiger partial charge on any atom is -0.504 e. The predicted octanol–water partition coefficient (Wildman–Crippen LogP) is 2.69. The molecule has 0 unspecified atom stereocenters. The first-order valence-corrected chi connectivity index (χ1v) is 6.69. The average molecular weight is 323 g/mol. The highest BCUT2D eigenvalue weighted by atomic mass is 35.5. The first-order chi connectivity index (χ1) is 8.72. The lowest BCUT2D eigenvalue weighted by Crippen LogP contribution is -2.45. The zero-order chi connectivity index (χ0) is 13.0. The van der Waals surface area contributed by atoms with E-state index in [1.165, 1.54) is 0 Å². The van der Waals surface area contributed by atoms with Gasteiger partial charge in [-0.2, -0.15) is 0 Å². The number of phenolic OH excluding ortho intramolecular Hbond substituents is 2. The number of aromatic hydroxyl groups is 2. The maximum atomic E-state index is 9.63. The van der Waals surface area contributed by atoms with Crippen molar-refractivity contribution in [1.29, 1.82) is 0 Å². The van der Waals surface area contributed by atoms with Gasteiger partial charge in [0.15, 0.2) is 11.5 Å². The summed E-state index contributed by atoms with van der Waals surface area (Å²) in [6.45, 7) is 6.28. The Morgan fingerprint density at radius 3 is 2.35 bits per heavy atom. The molecule has 1 heterocycles. The summed E-state index contributed by atoms with van der Waals surface area (Å²) in [6.07, 6.45) is 2.18. The van der Waals surface area contributed by atoms with Gasteiger partial charge in [0.1, 0.15) is 0 Å². The third kappa shape index (κ3) is 4.70. The van der Waals surface area contributed by atoms with Crippen molar-refractivity contribution in [3.63, 3.8) is 0 Å². The van der Waals surface area contributed by atoms with E-state index < -0.39 is 0 Å². The lowest BCUT2D eigenvalue weighted by molar-refractivity contribution is 0.164. The summed E-state index contributed by atoms with van der Waals surface area (Å²) in [5.74, 6) is -0.0713. The van der Waals surface area contributed by atoms with E-state index in [0.29, 0.717) is 6.04 Å². The number of hydrogen-bond donors (Lipinski definition) is 3.